The number of rotatable bonds is 10. The van der Waals surface area contributed by atoms with Gasteiger partial charge in [-0.2, -0.15) is 0 Å². The Balaban J connectivity index is 1.71. The minimum atomic E-state index is -0.766. The van der Waals surface area contributed by atoms with E-state index in [9.17, 15) is 19.5 Å². The molecular weight excluding hydrogens is 590 g/mol. The molecule has 3 heterocycles. The number of aliphatic hydroxyl groups excluding tert-OH is 1. The third-order valence-electron chi connectivity index (χ3n) is 8.87. The van der Waals surface area contributed by atoms with Crippen molar-refractivity contribution in [3.05, 3.63) is 35.9 Å². The molecular formula is C31H46BrN3O4S. The number of carbonyl (C=O) groups is 3. The van der Waals surface area contributed by atoms with Crippen molar-refractivity contribution >= 4 is 45.4 Å². The number of hydrogen-bond donors (Lipinski definition) is 3. The van der Waals surface area contributed by atoms with E-state index in [2.05, 4.69) is 47.3 Å². The molecule has 222 valence electrons. The van der Waals surface area contributed by atoms with Crippen molar-refractivity contribution in [1.82, 2.24) is 15.5 Å². The SMILES string of the molecule is CC[C@H](C)[C@H](CO)N1C(=O)[C@@H]2[C@H](C(=O)NCc3ccccc3)[C@H]3SC2(CC3Br)C1C(=O)NC(C)(C)CC(C)(C)C. The number of fused-ring (bicyclic) bond motifs is 1. The molecule has 3 saturated heterocycles. The highest BCUT2D eigenvalue weighted by Gasteiger charge is 2.76. The lowest BCUT2D eigenvalue weighted by molar-refractivity contribution is -0.144. The maximum atomic E-state index is 14.4. The monoisotopic (exact) mass is 635 g/mol. The summed E-state index contributed by atoms with van der Waals surface area (Å²) in [6.45, 7) is 14.7. The predicted molar refractivity (Wildman–Crippen MR) is 164 cm³/mol. The van der Waals surface area contributed by atoms with Crippen molar-refractivity contribution in [2.45, 2.75) is 107 Å². The van der Waals surface area contributed by atoms with Gasteiger partial charge in [-0.05, 0) is 43.6 Å². The van der Waals surface area contributed by atoms with Crippen LogP contribution in [-0.2, 0) is 20.9 Å². The van der Waals surface area contributed by atoms with Crippen LogP contribution >= 0.6 is 27.7 Å². The maximum absolute atomic E-state index is 14.4. The van der Waals surface area contributed by atoms with E-state index in [0.717, 1.165) is 18.4 Å². The Hall–Kier alpha value is -1.58. The van der Waals surface area contributed by atoms with Crippen LogP contribution < -0.4 is 10.6 Å². The topological polar surface area (TPSA) is 98.7 Å². The average Bonchev–Trinajstić information content (AvgIpc) is 3.45. The Morgan fingerprint density at radius 2 is 1.82 bits per heavy atom. The van der Waals surface area contributed by atoms with Gasteiger partial charge < -0.3 is 20.6 Å². The second-order valence-corrected chi connectivity index (χ2v) is 16.6. The third kappa shape index (κ3) is 5.84. The lowest BCUT2D eigenvalue weighted by Gasteiger charge is -2.41. The number of aliphatic hydroxyl groups is 1. The number of thioether (sulfide) groups is 1. The van der Waals surface area contributed by atoms with Gasteiger partial charge in [0.05, 0.1) is 29.2 Å². The lowest BCUT2D eigenvalue weighted by atomic mass is 9.70. The number of halogens is 1. The molecule has 9 heteroatoms. The van der Waals surface area contributed by atoms with E-state index in [1.54, 1.807) is 16.7 Å². The minimum Gasteiger partial charge on any atom is -0.394 e. The molecule has 1 aromatic rings. The molecule has 3 aliphatic heterocycles. The van der Waals surface area contributed by atoms with E-state index < -0.39 is 34.2 Å². The molecule has 1 spiro atoms. The minimum absolute atomic E-state index is 0.00281. The van der Waals surface area contributed by atoms with Crippen LogP contribution in [0.5, 0.6) is 0 Å². The normalized spacial score (nSPS) is 31.2. The van der Waals surface area contributed by atoms with Crippen molar-refractivity contribution in [2.75, 3.05) is 6.61 Å². The number of carbonyl (C=O) groups excluding carboxylic acids is 3. The number of benzene rings is 1. The highest BCUT2D eigenvalue weighted by atomic mass is 79.9. The van der Waals surface area contributed by atoms with Gasteiger partial charge in [0.15, 0.2) is 0 Å². The largest absolute Gasteiger partial charge is 0.394 e. The zero-order valence-electron chi connectivity index (χ0n) is 24.9. The first kappa shape index (κ1) is 31.4. The second-order valence-electron chi connectivity index (χ2n) is 13.9. The van der Waals surface area contributed by atoms with Crippen molar-refractivity contribution in [3.63, 3.8) is 0 Å². The molecule has 1 aromatic carbocycles. The molecule has 3 fully saturated rings. The Labute approximate surface area is 252 Å². The summed E-state index contributed by atoms with van der Waals surface area (Å²) in [4.78, 5) is 44.2. The fourth-order valence-electron chi connectivity index (χ4n) is 7.51. The number of alkyl halides is 1. The van der Waals surface area contributed by atoms with Crippen LogP contribution in [0, 0.1) is 23.2 Å². The van der Waals surface area contributed by atoms with Gasteiger partial charge in [-0.25, -0.2) is 0 Å². The number of amides is 3. The summed E-state index contributed by atoms with van der Waals surface area (Å²) in [5.74, 6) is -1.70. The molecule has 8 atom stereocenters. The van der Waals surface area contributed by atoms with Crippen LogP contribution in [0.15, 0.2) is 30.3 Å². The van der Waals surface area contributed by atoms with Gasteiger partial charge >= 0.3 is 0 Å². The number of hydrogen-bond acceptors (Lipinski definition) is 5. The quantitative estimate of drug-likeness (QED) is 0.329. The van der Waals surface area contributed by atoms with E-state index >= 15 is 0 Å². The first-order valence-electron chi connectivity index (χ1n) is 14.5. The van der Waals surface area contributed by atoms with Gasteiger partial charge in [0.1, 0.15) is 6.04 Å². The summed E-state index contributed by atoms with van der Waals surface area (Å²) in [5.41, 5.74) is 0.494. The smallest absolute Gasteiger partial charge is 0.244 e. The van der Waals surface area contributed by atoms with E-state index in [0.29, 0.717) is 13.0 Å². The van der Waals surface area contributed by atoms with Crippen LogP contribution in [0.2, 0.25) is 0 Å². The summed E-state index contributed by atoms with van der Waals surface area (Å²) in [7, 11) is 0. The Morgan fingerprint density at radius 1 is 1.18 bits per heavy atom. The van der Waals surface area contributed by atoms with Gasteiger partial charge in [0, 0.05) is 22.2 Å². The van der Waals surface area contributed by atoms with Crippen molar-refractivity contribution in [3.8, 4) is 0 Å². The Bertz CT molecular complexity index is 1110. The van der Waals surface area contributed by atoms with Crippen LogP contribution in [0.25, 0.3) is 0 Å². The molecule has 2 bridgehead atoms. The zero-order chi connectivity index (χ0) is 29.6. The first-order valence-corrected chi connectivity index (χ1v) is 16.3. The van der Waals surface area contributed by atoms with Gasteiger partial charge in [0.2, 0.25) is 17.7 Å². The molecule has 4 rings (SSSR count). The van der Waals surface area contributed by atoms with E-state index in [1.165, 1.54) is 0 Å². The first-order chi connectivity index (χ1) is 18.7. The highest BCUT2D eigenvalue weighted by Crippen LogP contribution is 2.68. The average molecular weight is 637 g/mol. The summed E-state index contributed by atoms with van der Waals surface area (Å²) < 4.78 is -0.743. The zero-order valence-corrected chi connectivity index (χ0v) is 27.3. The summed E-state index contributed by atoms with van der Waals surface area (Å²) in [5, 5.41) is 16.8. The maximum Gasteiger partial charge on any atom is 0.244 e. The van der Waals surface area contributed by atoms with E-state index in [-0.39, 0.29) is 45.7 Å². The molecule has 0 saturated carbocycles. The van der Waals surface area contributed by atoms with E-state index in [1.807, 2.05) is 58.0 Å². The predicted octanol–water partition coefficient (Wildman–Crippen LogP) is 4.51. The Morgan fingerprint density at radius 3 is 2.40 bits per heavy atom. The van der Waals surface area contributed by atoms with Gasteiger partial charge in [0.25, 0.3) is 0 Å². The molecule has 7 nitrogen and oxygen atoms in total. The third-order valence-corrected chi connectivity index (χ3v) is 12.1. The molecule has 40 heavy (non-hydrogen) atoms. The standard InChI is InChI=1S/C31H46BrN3O4S/c1-8-18(2)21(16-36)35-25(27(38)34-30(6,7)17-29(3,4)5)31-14-20(32)24(40-31)22(23(31)28(35)39)26(37)33-15-19-12-10-9-11-13-19/h9-13,18,20-25,36H,8,14-17H2,1-7H3,(H,33,37)(H,34,38)/t18-,20?,21-,22-,23-,24-,25?,31?/m0/s1. The van der Waals surface area contributed by atoms with Crippen molar-refractivity contribution in [2.24, 2.45) is 23.2 Å². The van der Waals surface area contributed by atoms with Crippen LogP contribution in [0.3, 0.4) is 0 Å². The summed E-state index contributed by atoms with van der Waals surface area (Å²) >= 11 is 5.47. The van der Waals surface area contributed by atoms with Crippen LogP contribution in [0.1, 0.15) is 73.3 Å². The molecule has 0 aliphatic carbocycles. The van der Waals surface area contributed by atoms with Crippen molar-refractivity contribution in [1.29, 1.82) is 0 Å². The summed E-state index contributed by atoms with van der Waals surface area (Å²) in [6, 6.07) is 8.47. The number of nitrogens with zero attached hydrogens (tertiary/aromatic N) is 1. The van der Waals surface area contributed by atoms with Gasteiger partial charge in [-0.1, -0.05) is 87.3 Å². The molecule has 3 unspecified atom stereocenters. The fraction of sp³-hybridized carbons (Fsp3) is 0.710. The van der Waals surface area contributed by atoms with Gasteiger partial charge in [-0.3, -0.25) is 14.4 Å². The molecule has 3 aliphatic rings. The molecule has 0 radical (unpaired) electrons. The number of nitrogens with one attached hydrogen (secondary N) is 2. The van der Waals surface area contributed by atoms with Crippen molar-refractivity contribution < 1.29 is 19.5 Å². The second kappa shape index (κ2) is 11.6. The molecule has 0 aromatic heterocycles. The number of likely N-dealkylation sites (tertiary alicyclic amines) is 1. The molecule has 3 amide bonds. The van der Waals surface area contributed by atoms with Gasteiger partial charge in [-0.15, -0.1) is 11.8 Å². The fourth-order valence-corrected chi connectivity index (χ4v) is 11.1. The van der Waals surface area contributed by atoms with Crippen LogP contribution in [0.4, 0.5) is 0 Å². The lowest BCUT2D eigenvalue weighted by Crippen LogP contribution is -2.61. The molecule has 3 N–H and O–H groups in total. The Kier molecular flexibility index (Phi) is 9.09. The van der Waals surface area contributed by atoms with E-state index in [4.69, 9.17) is 0 Å². The highest BCUT2D eigenvalue weighted by molar-refractivity contribution is 9.09. The van der Waals surface area contributed by atoms with Crippen LogP contribution in [-0.4, -0.2) is 66.8 Å². The summed E-state index contributed by atoms with van der Waals surface area (Å²) in [6.07, 6.45) is 2.14.